The summed E-state index contributed by atoms with van der Waals surface area (Å²) in [6.07, 6.45) is -5.95. The minimum atomic E-state index is -4.99. The van der Waals surface area contributed by atoms with Gasteiger partial charge in [-0.2, -0.15) is 13.2 Å². The highest BCUT2D eigenvalue weighted by Gasteiger charge is 2.56. The second-order valence-electron chi connectivity index (χ2n) is 6.32. The van der Waals surface area contributed by atoms with Crippen LogP contribution in [-0.2, 0) is 10.4 Å². The Morgan fingerprint density at radius 3 is 2.48 bits per heavy atom. The van der Waals surface area contributed by atoms with E-state index in [0.29, 0.717) is 0 Å². The van der Waals surface area contributed by atoms with Crippen molar-refractivity contribution in [2.24, 2.45) is 0 Å². The Morgan fingerprint density at radius 1 is 1.21 bits per heavy atom. The zero-order chi connectivity index (χ0) is 21.7. The van der Waals surface area contributed by atoms with Crippen LogP contribution in [0.1, 0.15) is 24.4 Å². The van der Waals surface area contributed by atoms with Crippen LogP contribution in [-0.4, -0.2) is 35.2 Å². The maximum Gasteiger partial charge on any atom is 0.424 e. The minimum absolute atomic E-state index is 0.0393. The minimum Gasteiger partial charge on any atom is -0.463 e. The molecule has 11 heteroatoms. The van der Waals surface area contributed by atoms with Gasteiger partial charge in [0, 0.05) is 32.0 Å². The average molecular weight is 415 g/mol. The van der Waals surface area contributed by atoms with Gasteiger partial charge in [0.1, 0.15) is 17.2 Å². The number of furan rings is 1. The maximum atomic E-state index is 13.3. The number of alkyl halides is 3. The Balaban J connectivity index is 1.86. The third-order valence-electron chi connectivity index (χ3n) is 4.19. The molecule has 0 radical (unpaired) electrons. The lowest BCUT2D eigenvalue weighted by Crippen LogP contribution is -2.44. The number of para-hydroxylation sites is 2. The van der Waals surface area contributed by atoms with Crippen LogP contribution < -0.4 is 10.6 Å². The van der Waals surface area contributed by atoms with Gasteiger partial charge in [0.25, 0.3) is 5.69 Å². The summed E-state index contributed by atoms with van der Waals surface area (Å²) in [6.45, 7) is 1.05. The van der Waals surface area contributed by atoms with Crippen LogP contribution in [0.25, 0.3) is 0 Å². The van der Waals surface area contributed by atoms with Crippen molar-refractivity contribution in [1.82, 2.24) is 5.32 Å². The van der Waals surface area contributed by atoms with Crippen LogP contribution >= 0.6 is 0 Å². The molecular weight excluding hydrogens is 395 g/mol. The number of carbonyl (C=O) groups excluding carboxylic acids is 1. The first-order valence-corrected chi connectivity index (χ1v) is 8.64. The Hall–Kier alpha value is -3.08. The van der Waals surface area contributed by atoms with Crippen molar-refractivity contribution in [1.29, 1.82) is 0 Å². The molecule has 1 atom stereocenters. The summed E-state index contributed by atoms with van der Waals surface area (Å²) in [5, 5.41) is 26.1. The van der Waals surface area contributed by atoms with Gasteiger partial charge >= 0.3 is 6.18 Å². The van der Waals surface area contributed by atoms with Gasteiger partial charge in [-0.15, -0.1) is 0 Å². The number of benzene rings is 1. The van der Waals surface area contributed by atoms with E-state index in [2.05, 4.69) is 10.6 Å². The number of nitro benzene ring substituents is 1. The lowest BCUT2D eigenvalue weighted by molar-refractivity contribution is -0.384. The largest absolute Gasteiger partial charge is 0.463 e. The fourth-order valence-electron chi connectivity index (χ4n) is 2.63. The SMILES string of the molecule is Cc1ccc([C@@](O)(CCNC(=O)CCNc2ccccc2[N+](=O)[O-])C(F)(F)F)o1. The summed E-state index contributed by atoms with van der Waals surface area (Å²) in [6, 6.07) is 8.21. The number of nitrogens with zero attached hydrogens (tertiary/aromatic N) is 1. The molecule has 0 saturated heterocycles. The molecule has 0 saturated carbocycles. The first-order chi connectivity index (χ1) is 13.5. The number of carbonyl (C=O) groups is 1. The summed E-state index contributed by atoms with van der Waals surface area (Å²) >= 11 is 0. The molecule has 0 bridgehead atoms. The number of amides is 1. The summed E-state index contributed by atoms with van der Waals surface area (Å²) in [5.74, 6) is -1.00. The third kappa shape index (κ3) is 5.47. The van der Waals surface area contributed by atoms with E-state index in [0.717, 1.165) is 6.07 Å². The summed E-state index contributed by atoms with van der Waals surface area (Å²) < 4.78 is 44.9. The van der Waals surface area contributed by atoms with Gasteiger partial charge in [-0.1, -0.05) is 12.1 Å². The van der Waals surface area contributed by atoms with Crippen molar-refractivity contribution in [2.45, 2.75) is 31.5 Å². The molecule has 1 aromatic heterocycles. The summed E-state index contributed by atoms with van der Waals surface area (Å²) in [4.78, 5) is 22.2. The molecule has 158 valence electrons. The van der Waals surface area contributed by atoms with Crippen LogP contribution in [0.5, 0.6) is 0 Å². The molecule has 0 unspecified atom stereocenters. The Kier molecular flexibility index (Phi) is 6.85. The highest BCUT2D eigenvalue weighted by molar-refractivity contribution is 5.76. The van der Waals surface area contributed by atoms with Gasteiger partial charge in [-0.05, 0) is 25.1 Å². The molecule has 1 amide bonds. The zero-order valence-corrected chi connectivity index (χ0v) is 15.5. The Morgan fingerprint density at radius 2 is 1.90 bits per heavy atom. The summed E-state index contributed by atoms with van der Waals surface area (Å²) in [7, 11) is 0. The van der Waals surface area contributed by atoms with Crippen molar-refractivity contribution in [3.8, 4) is 0 Å². The van der Waals surface area contributed by atoms with Gasteiger partial charge in [0.15, 0.2) is 0 Å². The van der Waals surface area contributed by atoms with E-state index in [9.17, 15) is 33.2 Å². The highest BCUT2D eigenvalue weighted by Crippen LogP contribution is 2.42. The smallest absolute Gasteiger partial charge is 0.424 e. The van der Waals surface area contributed by atoms with Gasteiger partial charge in [-0.25, -0.2) is 0 Å². The van der Waals surface area contributed by atoms with E-state index in [1.165, 1.54) is 31.2 Å². The number of halogens is 3. The van der Waals surface area contributed by atoms with Crippen molar-refractivity contribution >= 4 is 17.3 Å². The number of aliphatic hydroxyl groups is 1. The number of hydrogen-bond acceptors (Lipinski definition) is 6. The molecule has 0 fully saturated rings. The molecule has 0 spiro atoms. The van der Waals surface area contributed by atoms with E-state index in [1.54, 1.807) is 6.07 Å². The zero-order valence-electron chi connectivity index (χ0n) is 15.5. The molecule has 1 heterocycles. The Bertz CT molecular complexity index is 868. The number of nitrogens with one attached hydrogen (secondary N) is 2. The van der Waals surface area contributed by atoms with Gasteiger partial charge in [-0.3, -0.25) is 14.9 Å². The highest BCUT2D eigenvalue weighted by atomic mass is 19.4. The monoisotopic (exact) mass is 415 g/mol. The van der Waals surface area contributed by atoms with E-state index in [4.69, 9.17) is 4.42 Å². The standard InChI is InChI=1S/C18H20F3N3O5/c1-12-6-7-15(29-12)17(26,18(19,20)21)9-11-23-16(25)8-10-22-13-4-2-3-5-14(13)24(27)28/h2-7,22,26H,8-11H2,1H3,(H,23,25)/t17-/m0/s1. The van der Waals surface area contributed by atoms with Crippen molar-refractivity contribution in [3.63, 3.8) is 0 Å². The summed E-state index contributed by atoms with van der Waals surface area (Å²) in [5.41, 5.74) is -3.15. The first kappa shape index (κ1) is 22.2. The van der Waals surface area contributed by atoms with E-state index in [-0.39, 0.29) is 30.1 Å². The molecule has 8 nitrogen and oxygen atoms in total. The van der Waals surface area contributed by atoms with Crippen LogP contribution in [0.2, 0.25) is 0 Å². The van der Waals surface area contributed by atoms with E-state index < -0.39 is 41.3 Å². The first-order valence-electron chi connectivity index (χ1n) is 8.64. The van der Waals surface area contributed by atoms with Crippen molar-refractivity contribution < 1.29 is 32.4 Å². The number of aryl methyl sites for hydroxylation is 1. The van der Waals surface area contributed by atoms with Crippen molar-refractivity contribution in [3.05, 3.63) is 58.0 Å². The molecule has 2 rings (SSSR count). The van der Waals surface area contributed by atoms with E-state index in [1.807, 2.05) is 0 Å². The topological polar surface area (TPSA) is 118 Å². The van der Waals surface area contributed by atoms with E-state index >= 15 is 0 Å². The van der Waals surface area contributed by atoms with Gasteiger partial charge in [0.2, 0.25) is 11.5 Å². The van der Waals surface area contributed by atoms with Crippen LogP contribution in [0.4, 0.5) is 24.5 Å². The predicted octanol–water partition coefficient (Wildman–Crippen LogP) is 3.25. The van der Waals surface area contributed by atoms with Crippen LogP contribution in [0.3, 0.4) is 0 Å². The van der Waals surface area contributed by atoms with Crippen LogP contribution in [0, 0.1) is 17.0 Å². The molecule has 1 aromatic carbocycles. The maximum absolute atomic E-state index is 13.3. The average Bonchev–Trinajstić information content (AvgIpc) is 3.07. The number of anilines is 1. The number of rotatable bonds is 9. The lowest BCUT2D eigenvalue weighted by Gasteiger charge is -2.28. The molecule has 0 aliphatic carbocycles. The predicted molar refractivity (Wildman–Crippen MR) is 97.2 cm³/mol. The second-order valence-corrected chi connectivity index (χ2v) is 6.32. The number of nitro groups is 1. The number of hydrogen-bond donors (Lipinski definition) is 3. The molecule has 0 aliphatic rings. The second kappa shape index (κ2) is 8.95. The third-order valence-corrected chi connectivity index (χ3v) is 4.19. The fourth-order valence-corrected chi connectivity index (χ4v) is 2.63. The lowest BCUT2D eigenvalue weighted by atomic mass is 9.95. The fraction of sp³-hybridized carbons (Fsp3) is 0.389. The molecule has 0 aliphatic heterocycles. The quantitative estimate of drug-likeness (QED) is 0.427. The van der Waals surface area contributed by atoms with Crippen molar-refractivity contribution in [2.75, 3.05) is 18.4 Å². The molecule has 29 heavy (non-hydrogen) atoms. The van der Waals surface area contributed by atoms with Gasteiger partial charge < -0.3 is 20.2 Å². The van der Waals surface area contributed by atoms with Crippen LogP contribution in [0.15, 0.2) is 40.8 Å². The van der Waals surface area contributed by atoms with Gasteiger partial charge in [0.05, 0.1) is 4.92 Å². The molecular formula is C18H20F3N3O5. The Labute approximate surface area is 163 Å². The molecule has 3 N–H and O–H groups in total. The molecule has 2 aromatic rings. The normalized spacial score (nSPS) is 13.6.